The van der Waals surface area contributed by atoms with Gasteiger partial charge in [-0.2, -0.15) is 0 Å². The summed E-state index contributed by atoms with van der Waals surface area (Å²) in [6, 6.07) is 10.7. The quantitative estimate of drug-likeness (QED) is 0.829. The smallest absolute Gasteiger partial charge is 0.108 e. The first-order valence-corrected chi connectivity index (χ1v) is 7.18. The second-order valence-corrected chi connectivity index (χ2v) is 5.60. The Bertz CT molecular complexity index is 580. The van der Waals surface area contributed by atoms with Gasteiger partial charge in [0.1, 0.15) is 5.76 Å². The van der Waals surface area contributed by atoms with Gasteiger partial charge in [-0.15, -0.1) is 0 Å². The van der Waals surface area contributed by atoms with E-state index in [-0.39, 0.29) is 12.2 Å². The predicted octanol–water partition coefficient (Wildman–Crippen LogP) is 3.87. The van der Waals surface area contributed by atoms with Crippen molar-refractivity contribution in [2.45, 2.75) is 33.0 Å². The van der Waals surface area contributed by atoms with Crippen molar-refractivity contribution < 1.29 is 9.15 Å². The summed E-state index contributed by atoms with van der Waals surface area (Å²) in [5.74, 6) is 0.964. The van der Waals surface area contributed by atoms with Crippen LogP contribution >= 0.6 is 0 Å². The molecule has 106 valence electrons. The summed E-state index contributed by atoms with van der Waals surface area (Å²) < 4.78 is 11.2. The molecule has 20 heavy (non-hydrogen) atoms. The van der Waals surface area contributed by atoms with Gasteiger partial charge in [-0.05, 0) is 44.5 Å². The molecule has 3 nitrogen and oxygen atoms in total. The Labute approximate surface area is 120 Å². The zero-order chi connectivity index (χ0) is 14.1. The van der Waals surface area contributed by atoms with Crippen molar-refractivity contribution in [1.29, 1.82) is 0 Å². The van der Waals surface area contributed by atoms with Crippen molar-refractivity contribution in [2.24, 2.45) is 0 Å². The molecule has 0 N–H and O–H groups in total. The standard InChI is InChI=1S/C17H21NO2/c1-12-10-18(11-13(2)20-12)16-6-4-5-15(9-16)17-7-8-19-14(17)3/h4-9,12-13H,10-11H2,1-3H3. The molecule has 1 saturated heterocycles. The van der Waals surface area contributed by atoms with Gasteiger partial charge in [-0.1, -0.05) is 12.1 Å². The van der Waals surface area contributed by atoms with E-state index >= 15 is 0 Å². The summed E-state index contributed by atoms with van der Waals surface area (Å²) >= 11 is 0. The van der Waals surface area contributed by atoms with Gasteiger partial charge in [0.05, 0.1) is 18.5 Å². The van der Waals surface area contributed by atoms with E-state index in [1.807, 2.05) is 13.0 Å². The maximum absolute atomic E-state index is 5.80. The van der Waals surface area contributed by atoms with E-state index < -0.39 is 0 Å². The number of benzene rings is 1. The minimum absolute atomic E-state index is 0.276. The largest absolute Gasteiger partial charge is 0.469 e. The third-order valence-corrected chi connectivity index (χ3v) is 3.80. The van der Waals surface area contributed by atoms with Crippen LogP contribution in [0.3, 0.4) is 0 Å². The van der Waals surface area contributed by atoms with E-state index in [1.165, 1.54) is 16.8 Å². The van der Waals surface area contributed by atoms with Gasteiger partial charge < -0.3 is 14.1 Å². The molecule has 0 aliphatic carbocycles. The highest BCUT2D eigenvalue weighted by atomic mass is 16.5. The van der Waals surface area contributed by atoms with E-state index in [4.69, 9.17) is 9.15 Å². The number of ether oxygens (including phenoxy) is 1. The fraction of sp³-hybridized carbons (Fsp3) is 0.412. The Morgan fingerprint density at radius 1 is 1.10 bits per heavy atom. The van der Waals surface area contributed by atoms with Gasteiger partial charge in [0.25, 0.3) is 0 Å². The first-order chi connectivity index (χ1) is 9.63. The van der Waals surface area contributed by atoms with E-state index in [2.05, 4.69) is 43.0 Å². The Balaban J connectivity index is 1.90. The molecular weight excluding hydrogens is 250 g/mol. The van der Waals surface area contributed by atoms with Crippen LogP contribution in [0.15, 0.2) is 41.0 Å². The van der Waals surface area contributed by atoms with E-state index in [1.54, 1.807) is 6.26 Å². The molecule has 2 aromatic rings. The zero-order valence-electron chi connectivity index (χ0n) is 12.3. The lowest BCUT2D eigenvalue weighted by Gasteiger charge is -2.37. The number of hydrogen-bond donors (Lipinski definition) is 0. The van der Waals surface area contributed by atoms with E-state index in [0.717, 1.165) is 18.8 Å². The van der Waals surface area contributed by atoms with Gasteiger partial charge in [0.15, 0.2) is 0 Å². The monoisotopic (exact) mass is 271 g/mol. The minimum Gasteiger partial charge on any atom is -0.469 e. The molecule has 2 heterocycles. The number of hydrogen-bond acceptors (Lipinski definition) is 3. The molecule has 2 atom stereocenters. The van der Waals surface area contributed by atoms with Crippen molar-refractivity contribution >= 4 is 5.69 Å². The predicted molar refractivity (Wildman–Crippen MR) is 81.1 cm³/mol. The number of furan rings is 1. The van der Waals surface area contributed by atoms with Crippen LogP contribution < -0.4 is 4.90 Å². The van der Waals surface area contributed by atoms with Gasteiger partial charge in [-0.25, -0.2) is 0 Å². The van der Waals surface area contributed by atoms with Gasteiger partial charge in [-0.3, -0.25) is 0 Å². The summed E-state index contributed by atoms with van der Waals surface area (Å²) in [4.78, 5) is 2.40. The maximum Gasteiger partial charge on any atom is 0.108 e. The van der Waals surface area contributed by atoms with E-state index in [9.17, 15) is 0 Å². The first kappa shape index (κ1) is 13.3. The molecule has 0 amide bonds. The summed E-state index contributed by atoms with van der Waals surface area (Å²) in [5, 5.41) is 0. The Morgan fingerprint density at radius 2 is 1.85 bits per heavy atom. The molecule has 1 aromatic carbocycles. The molecule has 1 aliphatic heterocycles. The number of rotatable bonds is 2. The molecule has 0 spiro atoms. The first-order valence-electron chi connectivity index (χ1n) is 7.18. The number of aryl methyl sites for hydroxylation is 1. The molecule has 1 fully saturated rings. The molecule has 3 rings (SSSR count). The average Bonchev–Trinajstić information content (AvgIpc) is 2.84. The van der Waals surface area contributed by atoms with Crippen LogP contribution in [0.4, 0.5) is 5.69 Å². The number of nitrogens with zero attached hydrogens (tertiary/aromatic N) is 1. The topological polar surface area (TPSA) is 25.6 Å². The lowest BCUT2D eigenvalue weighted by Crippen LogP contribution is -2.45. The molecule has 1 aromatic heterocycles. The Morgan fingerprint density at radius 3 is 2.50 bits per heavy atom. The normalized spacial score (nSPS) is 23.1. The van der Waals surface area contributed by atoms with Crippen LogP contribution in [-0.4, -0.2) is 25.3 Å². The maximum atomic E-state index is 5.80. The summed E-state index contributed by atoms with van der Waals surface area (Å²) in [7, 11) is 0. The summed E-state index contributed by atoms with van der Waals surface area (Å²) in [6.07, 6.45) is 2.30. The molecule has 0 saturated carbocycles. The minimum atomic E-state index is 0.276. The Hall–Kier alpha value is -1.74. The van der Waals surface area contributed by atoms with Crippen LogP contribution in [0, 0.1) is 6.92 Å². The highest BCUT2D eigenvalue weighted by Gasteiger charge is 2.22. The van der Waals surface area contributed by atoms with Crippen molar-refractivity contribution in [1.82, 2.24) is 0 Å². The van der Waals surface area contributed by atoms with Gasteiger partial charge in [0.2, 0.25) is 0 Å². The van der Waals surface area contributed by atoms with Crippen molar-refractivity contribution in [3.05, 3.63) is 42.4 Å². The third kappa shape index (κ3) is 2.59. The summed E-state index contributed by atoms with van der Waals surface area (Å²) in [5.41, 5.74) is 3.63. The molecule has 0 bridgehead atoms. The number of anilines is 1. The molecule has 0 radical (unpaired) electrons. The van der Waals surface area contributed by atoms with Crippen molar-refractivity contribution in [3.8, 4) is 11.1 Å². The van der Waals surface area contributed by atoms with Crippen molar-refractivity contribution in [2.75, 3.05) is 18.0 Å². The van der Waals surface area contributed by atoms with Gasteiger partial charge in [0, 0.05) is 24.3 Å². The lowest BCUT2D eigenvalue weighted by molar-refractivity contribution is -0.00521. The molecular formula is C17H21NO2. The lowest BCUT2D eigenvalue weighted by atomic mass is 10.1. The second-order valence-electron chi connectivity index (χ2n) is 5.60. The summed E-state index contributed by atoms with van der Waals surface area (Å²) in [6.45, 7) is 8.15. The molecule has 1 aliphatic rings. The van der Waals surface area contributed by atoms with Gasteiger partial charge >= 0.3 is 0 Å². The van der Waals surface area contributed by atoms with Crippen LogP contribution in [0.25, 0.3) is 11.1 Å². The average molecular weight is 271 g/mol. The fourth-order valence-corrected chi connectivity index (χ4v) is 2.94. The van der Waals surface area contributed by atoms with E-state index in [0.29, 0.717) is 0 Å². The highest BCUT2D eigenvalue weighted by molar-refractivity contribution is 5.70. The highest BCUT2D eigenvalue weighted by Crippen LogP contribution is 2.29. The van der Waals surface area contributed by atoms with Crippen LogP contribution in [0.1, 0.15) is 19.6 Å². The van der Waals surface area contributed by atoms with Crippen LogP contribution in [0.2, 0.25) is 0 Å². The third-order valence-electron chi connectivity index (χ3n) is 3.80. The molecule has 3 heteroatoms. The number of morpholine rings is 1. The van der Waals surface area contributed by atoms with Crippen LogP contribution in [-0.2, 0) is 4.74 Å². The SMILES string of the molecule is Cc1occc1-c1cccc(N2CC(C)OC(C)C2)c1. The van der Waals surface area contributed by atoms with Crippen molar-refractivity contribution in [3.63, 3.8) is 0 Å². The van der Waals surface area contributed by atoms with Crippen LogP contribution in [0.5, 0.6) is 0 Å². The fourth-order valence-electron chi connectivity index (χ4n) is 2.94. The Kier molecular flexibility index (Phi) is 3.53. The zero-order valence-corrected chi connectivity index (χ0v) is 12.3. The molecule has 2 unspecified atom stereocenters. The second kappa shape index (κ2) is 5.33.